The summed E-state index contributed by atoms with van der Waals surface area (Å²) in [7, 11) is 1.67. The zero-order valence-corrected chi connectivity index (χ0v) is 14.3. The van der Waals surface area contributed by atoms with Crippen molar-refractivity contribution >= 4 is 28.4 Å². The molecule has 0 unspecified atom stereocenters. The molecular formula is C17H15N5OS. The predicted octanol–water partition coefficient (Wildman–Crippen LogP) is 3.38. The van der Waals surface area contributed by atoms with Gasteiger partial charge in [-0.05, 0) is 42.5 Å². The monoisotopic (exact) mass is 337 g/mol. The van der Waals surface area contributed by atoms with E-state index in [1.165, 1.54) is 11.8 Å². The van der Waals surface area contributed by atoms with Crippen molar-refractivity contribution in [3.8, 4) is 16.9 Å². The van der Waals surface area contributed by atoms with Crippen LogP contribution in [0.3, 0.4) is 0 Å². The third kappa shape index (κ3) is 2.28. The van der Waals surface area contributed by atoms with Gasteiger partial charge in [0.15, 0.2) is 16.5 Å². The minimum atomic E-state index is 0.713. The highest BCUT2D eigenvalue weighted by Gasteiger charge is 2.14. The predicted molar refractivity (Wildman–Crippen MR) is 94.6 cm³/mol. The highest BCUT2D eigenvalue weighted by Crippen LogP contribution is 2.32. The number of ether oxygens (including phenoxy) is 1. The number of hydrogen-bond acceptors (Lipinski definition) is 6. The molecule has 0 bridgehead atoms. The van der Waals surface area contributed by atoms with Crippen molar-refractivity contribution in [1.29, 1.82) is 0 Å². The Morgan fingerprint density at radius 3 is 2.75 bits per heavy atom. The van der Waals surface area contributed by atoms with E-state index in [1.807, 2.05) is 30.7 Å². The van der Waals surface area contributed by atoms with Crippen molar-refractivity contribution in [2.24, 2.45) is 0 Å². The summed E-state index contributed by atoms with van der Waals surface area (Å²) >= 11 is 1.50. The van der Waals surface area contributed by atoms with Gasteiger partial charge in [-0.1, -0.05) is 17.8 Å². The van der Waals surface area contributed by atoms with E-state index in [-0.39, 0.29) is 0 Å². The Morgan fingerprint density at radius 2 is 1.96 bits per heavy atom. The maximum Gasteiger partial charge on any atom is 0.189 e. The van der Waals surface area contributed by atoms with Crippen molar-refractivity contribution < 1.29 is 4.74 Å². The van der Waals surface area contributed by atoms with Gasteiger partial charge in [0.25, 0.3) is 0 Å². The number of benzene rings is 1. The summed E-state index contributed by atoms with van der Waals surface area (Å²) in [6, 6.07) is 8.07. The van der Waals surface area contributed by atoms with Gasteiger partial charge in [-0.3, -0.25) is 0 Å². The summed E-state index contributed by atoms with van der Waals surface area (Å²) in [5, 5.41) is 5.99. The van der Waals surface area contributed by atoms with Crippen LogP contribution in [0.25, 0.3) is 27.8 Å². The Labute approximate surface area is 142 Å². The van der Waals surface area contributed by atoms with Gasteiger partial charge in [-0.2, -0.15) is 9.61 Å². The summed E-state index contributed by atoms with van der Waals surface area (Å²) in [6.45, 7) is 2.07. The van der Waals surface area contributed by atoms with Gasteiger partial charge in [0, 0.05) is 17.1 Å². The highest BCUT2D eigenvalue weighted by atomic mass is 32.2. The normalized spacial score (nSPS) is 11.3. The van der Waals surface area contributed by atoms with E-state index >= 15 is 0 Å². The van der Waals surface area contributed by atoms with E-state index < -0.39 is 0 Å². The lowest BCUT2D eigenvalue weighted by Crippen LogP contribution is -1.99. The number of thioether (sulfide) groups is 1. The standard InChI is InChI=1S/C17H15N5OS/c1-10-4-5-12(23-2)7-13(10)14-6-11-8-18-17(24-3)21-15(11)22-16(14)19-9-20-22/h4-9H,1-3H3. The number of fused-ring (bicyclic) bond motifs is 3. The third-order valence-electron chi connectivity index (χ3n) is 3.98. The van der Waals surface area contributed by atoms with Gasteiger partial charge in [0.2, 0.25) is 0 Å². The molecule has 7 heteroatoms. The van der Waals surface area contributed by atoms with Crippen LogP contribution in [0.15, 0.2) is 41.9 Å². The number of nitrogens with zero attached hydrogens (tertiary/aromatic N) is 5. The lowest BCUT2D eigenvalue weighted by atomic mass is 10.0. The lowest BCUT2D eigenvalue weighted by molar-refractivity contribution is 0.415. The Bertz CT molecular complexity index is 1060. The van der Waals surface area contributed by atoms with Gasteiger partial charge in [-0.25, -0.2) is 15.0 Å². The van der Waals surface area contributed by atoms with Crippen molar-refractivity contribution in [2.45, 2.75) is 12.1 Å². The Morgan fingerprint density at radius 1 is 1.08 bits per heavy atom. The highest BCUT2D eigenvalue weighted by molar-refractivity contribution is 7.98. The molecule has 4 aromatic rings. The Kier molecular flexibility index (Phi) is 3.57. The fourth-order valence-corrected chi connectivity index (χ4v) is 3.09. The molecule has 120 valence electrons. The van der Waals surface area contributed by atoms with Crippen LogP contribution in [0.1, 0.15) is 5.56 Å². The van der Waals surface area contributed by atoms with E-state index in [0.717, 1.165) is 39.1 Å². The van der Waals surface area contributed by atoms with Gasteiger partial charge in [0.05, 0.1) is 7.11 Å². The van der Waals surface area contributed by atoms with Crippen LogP contribution in [0.5, 0.6) is 5.75 Å². The molecule has 0 radical (unpaired) electrons. The average Bonchev–Trinajstić information content (AvgIpc) is 3.11. The molecule has 0 aliphatic heterocycles. The fourth-order valence-electron chi connectivity index (χ4n) is 2.75. The largest absolute Gasteiger partial charge is 0.497 e. The zero-order valence-electron chi connectivity index (χ0n) is 13.5. The average molecular weight is 337 g/mol. The lowest BCUT2D eigenvalue weighted by Gasteiger charge is -2.11. The molecule has 0 saturated carbocycles. The minimum Gasteiger partial charge on any atom is -0.497 e. The minimum absolute atomic E-state index is 0.713. The van der Waals surface area contributed by atoms with Crippen LogP contribution >= 0.6 is 11.8 Å². The molecule has 1 aromatic carbocycles. The van der Waals surface area contributed by atoms with Gasteiger partial charge in [-0.15, -0.1) is 0 Å². The zero-order chi connectivity index (χ0) is 16.7. The van der Waals surface area contributed by atoms with Gasteiger partial charge in [0.1, 0.15) is 12.1 Å². The summed E-state index contributed by atoms with van der Waals surface area (Å²) in [5.74, 6) is 0.808. The van der Waals surface area contributed by atoms with E-state index in [9.17, 15) is 0 Å². The molecule has 0 amide bonds. The third-order valence-corrected chi connectivity index (χ3v) is 4.54. The van der Waals surface area contributed by atoms with Crippen molar-refractivity contribution in [2.75, 3.05) is 13.4 Å². The second kappa shape index (κ2) is 5.76. The van der Waals surface area contributed by atoms with E-state index in [4.69, 9.17) is 4.74 Å². The molecule has 0 N–H and O–H groups in total. The van der Waals surface area contributed by atoms with Crippen LogP contribution in [-0.2, 0) is 0 Å². The van der Waals surface area contributed by atoms with Gasteiger partial charge >= 0.3 is 0 Å². The molecule has 24 heavy (non-hydrogen) atoms. The van der Waals surface area contributed by atoms with Crippen molar-refractivity contribution in [3.63, 3.8) is 0 Å². The molecule has 0 atom stereocenters. The second-order valence-electron chi connectivity index (χ2n) is 5.37. The molecule has 3 heterocycles. The first-order valence-corrected chi connectivity index (χ1v) is 8.62. The number of methoxy groups -OCH3 is 1. The molecule has 3 aromatic heterocycles. The molecule has 0 saturated heterocycles. The first-order chi connectivity index (χ1) is 11.7. The first kappa shape index (κ1) is 14.9. The van der Waals surface area contributed by atoms with E-state index in [1.54, 1.807) is 18.0 Å². The van der Waals surface area contributed by atoms with E-state index in [2.05, 4.69) is 33.0 Å². The molecular weight excluding hydrogens is 322 g/mol. The number of hydrogen-bond donors (Lipinski definition) is 0. The number of rotatable bonds is 3. The molecule has 0 fully saturated rings. The maximum absolute atomic E-state index is 5.37. The number of aromatic nitrogens is 5. The van der Waals surface area contributed by atoms with Crippen LogP contribution in [0, 0.1) is 6.92 Å². The van der Waals surface area contributed by atoms with Gasteiger partial charge < -0.3 is 4.74 Å². The van der Waals surface area contributed by atoms with Crippen LogP contribution in [0.2, 0.25) is 0 Å². The smallest absolute Gasteiger partial charge is 0.189 e. The van der Waals surface area contributed by atoms with Crippen LogP contribution in [-0.4, -0.2) is 37.9 Å². The topological polar surface area (TPSA) is 65.2 Å². The number of pyridine rings is 1. The SMILES string of the molecule is COc1ccc(C)c(-c2cc3cnc(SC)nc3n3ncnc23)c1. The summed E-state index contributed by atoms with van der Waals surface area (Å²) in [4.78, 5) is 13.4. The van der Waals surface area contributed by atoms with Crippen LogP contribution in [0.4, 0.5) is 0 Å². The van der Waals surface area contributed by atoms with Crippen molar-refractivity contribution in [3.05, 3.63) is 42.4 Å². The summed E-state index contributed by atoms with van der Waals surface area (Å²) < 4.78 is 7.14. The summed E-state index contributed by atoms with van der Waals surface area (Å²) in [6.07, 6.45) is 5.33. The molecule has 0 aliphatic rings. The Hall–Kier alpha value is -2.67. The number of aryl methyl sites for hydroxylation is 1. The van der Waals surface area contributed by atoms with E-state index in [0.29, 0.717) is 5.16 Å². The molecule has 0 spiro atoms. The van der Waals surface area contributed by atoms with Crippen LogP contribution < -0.4 is 4.74 Å². The Balaban J connectivity index is 2.07. The summed E-state index contributed by atoms with van der Waals surface area (Å²) in [5.41, 5.74) is 4.71. The molecule has 6 nitrogen and oxygen atoms in total. The fraction of sp³-hybridized carbons (Fsp3) is 0.176. The first-order valence-electron chi connectivity index (χ1n) is 7.40. The molecule has 0 aliphatic carbocycles. The quantitative estimate of drug-likeness (QED) is 0.422. The molecule has 4 rings (SSSR count). The maximum atomic E-state index is 5.37. The van der Waals surface area contributed by atoms with Crippen molar-refractivity contribution in [1.82, 2.24) is 24.6 Å². The second-order valence-corrected chi connectivity index (χ2v) is 6.14.